The van der Waals surface area contributed by atoms with Crippen LogP contribution in [0.1, 0.15) is 0 Å². The van der Waals surface area contributed by atoms with Crippen LogP contribution in [0.4, 0.5) is 34.6 Å². The highest BCUT2D eigenvalue weighted by Crippen LogP contribution is 2.42. The highest BCUT2D eigenvalue weighted by molar-refractivity contribution is 6.12. The van der Waals surface area contributed by atoms with Crippen LogP contribution in [-0.2, 0) is 0 Å². The Kier molecular flexibility index (Phi) is 6.55. The van der Waals surface area contributed by atoms with Gasteiger partial charge in [0.2, 0.25) is 0 Å². The third-order valence-electron chi connectivity index (χ3n) is 9.14. The summed E-state index contributed by atoms with van der Waals surface area (Å²) in [6, 6.07) is 44.9. The highest BCUT2D eigenvalue weighted by atomic mass is 19.1. The summed E-state index contributed by atoms with van der Waals surface area (Å²) in [5, 5.41) is 3.66. The minimum atomic E-state index is -0.648. The SMILES string of the molecule is Fc1ccc(-n2c3ccccc3c3cc(N(c4ccccc4)c4ccc5c(c4)c4ccccc4n5-c4ccc(F)cc4F)ccc32)c(F)c1. The first-order chi connectivity index (χ1) is 24.0. The van der Waals surface area contributed by atoms with Crippen molar-refractivity contribution in [3.8, 4) is 11.4 Å². The van der Waals surface area contributed by atoms with Gasteiger partial charge in [-0.3, -0.25) is 0 Å². The van der Waals surface area contributed by atoms with E-state index in [1.807, 2.05) is 112 Å². The smallest absolute Gasteiger partial charge is 0.150 e. The van der Waals surface area contributed by atoms with Gasteiger partial charge in [0.05, 0.1) is 33.4 Å². The fourth-order valence-corrected chi connectivity index (χ4v) is 7.07. The van der Waals surface area contributed by atoms with E-state index >= 15 is 8.78 Å². The predicted octanol–water partition coefficient (Wildman–Crippen LogP) is 11.9. The fourth-order valence-electron chi connectivity index (χ4n) is 7.07. The summed E-state index contributed by atoms with van der Waals surface area (Å²) in [5.74, 6) is -2.56. The Morgan fingerprint density at radius 2 is 0.776 bits per heavy atom. The van der Waals surface area contributed by atoms with E-state index in [0.29, 0.717) is 0 Å². The maximum atomic E-state index is 15.2. The monoisotopic (exact) mass is 647 g/mol. The molecule has 0 amide bonds. The zero-order chi connectivity index (χ0) is 33.2. The summed E-state index contributed by atoms with van der Waals surface area (Å²) >= 11 is 0. The van der Waals surface area contributed by atoms with E-state index in [2.05, 4.69) is 17.0 Å². The van der Waals surface area contributed by atoms with Gasteiger partial charge >= 0.3 is 0 Å². The van der Waals surface area contributed by atoms with Gasteiger partial charge in [-0.05, 0) is 84.9 Å². The predicted molar refractivity (Wildman–Crippen MR) is 190 cm³/mol. The average molecular weight is 648 g/mol. The number of para-hydroxylation sites is 3. The number of halogens is 4. The number of nitrogens with zero attached hydrogens (tertiary/aromatic N) is 3. The molecule has 9 aromatic rings. The minimum Gasteiger partial charge on any atom is -0.310 e. The van der Waals surface area contributed by atoms with E-state index in [9.17, 15) is 8.78 Å². The van der Waals surface area contributed by atoms with Crippen LogP contribution in [0.5, 0.6) is 0 Å². The Morgan fingerprint density at radius 1 is 0.347 bits per heavy atom. The molecule has 0 atom stereocenters. The minimum absolute atomic E-state index is 0.264. The Morgan fingerprint density at radius 3 is 1.24 bits per heavy atom. The van der Waals surface area contributed by atoms with Crippen LogP contribution in [0.25, 0.3) is 55.0 Å². The lowest BCUT2D eigenvalue weighted by atomic mass is 10.1. The van der Waals surface area contributed by atoms with Crippen molar-refractivity contribution in [2.24, 2.45) is 0 Å². The molecule has 3 nitrogen and oxygen atoms in total. The van der Waals surface area contributed by atoms with E-state index in [0.717, 1.165) is 72.8 Å². The highest BCUT2D eigenvalue weighted by Gasteiger charge is 2.21. The molecule has 0 saturated carbocycles. The summed E-state index contributed by atoms with van der Waals surface area (Å²) in [6.07, 6.45) is 0. The molecular formula is C42H25F4N3. The van der Waals surface area contributed by atoms with E-state index in [1.54, 1.807) is 0 Å². The molecule has 0 aliphatic rings. The molecule has 7 heteroatoms. The van der Waals surface area contributed by atoms with Crippen molar-refractivity contribution in [1.29, 1.82) is 0 Å². The Labute approximate surface area is 278 Å². The van der Waals surface area contributed by atoms with Crippen LogP contribution in [0.2, 0.25) is 0 Å². The average Bonchev–Trinajstić information content (AvgIpc) is 3.61. The van der Waals surface area contributed by atoms with Crippen LogP contribution in [0.3, 0.4) is 0 Å². The van der Waals surface area contributed by atoms with Crippen molar-refractivity contribution in [3.05, 3.63) is 175 Å². The molecule has 0 N–H and O–H groups in total. The molecule has 49 heavy (non-hydrogen) atoms. The van der Waals surface area contributed by atoms with Gasteiger partial charge in [0.25, 0.3) is 0 Å². The first-order valence-corrected chi connectivity index (χ1v) is 15.8. The number of hydrogen-bond acceptors (Lipinski definition) is 1. The number of rotatable bonds is 5. The maximum absolute atomic E-state index is 15.2. The zero-order valence-corrected chi connectivity index (χ0v) is 25.8. The molecule has 9 rings (SSSR count). The van der Waals surface area contributed by atoms with Gasteiger partial charge in [-0.15, -0.1) is 0 Å². The fraction of sp³-hybridized carbons (Fsp3) is 0. The summed E-state index contributed by atoms with van der Waals surface area (Å²) in [6.45, 7) is 0. The molecule has 2 aromatic heterocycles. The molecule has 0 radical (unpaired) electrons. The van der Waals surface area contributed by atoms with Gasteiger partial charge in [0.15, 0.2) is 0 Å². The van der Waals surface area contributed by atoms with Gasteiger partial charge in [-0.2, -0.15) is 0 Å². The van der Waals surface area contributed by atoms with Crippen molar-refractivity contribution in [3.63, 3.8) is 0 Å². The van der Waals surface area contributed by atoms with E-state index < -0.39 is 23.3 Å². The number of aromatic nitrogens is 2. The maximum Gasteiger partial charge on any atom is 0.150 e. The third kappa shape index (κ3) is 4.58. The first kappa shape index (κ1) is 28.8. The van der Waals surface area contributed by atoms with E-state index in [-0.39, 0.29) is 11.4 Å². The van der Waals surface area contributed by atoms with Crippen molar-refractivity contribution in [2.75, 3.05) is 4.90 Å². The summed E-state index contributed by atoms with van der Waals surface area (Å²) in [7, 11) is 0. The lowest BCUT2D eigenvalue weighted by Gasteiger charge is -2.26. The first-order valence-electron chi connectivity index (χ1n) is 15.8. The van der Waals surface area contributed by atoms with E-state index in [1.165, 1.54) is 24.3 Å². The Hall–Kier alpha value is -6.34. The summed E-state index contributed by atoms with van der Waals surface area (Å²) < 4.78 is 61.8. The van der Waals surface area contributed by atoms with Gasteiger partial charge in [-0.1, -0.05) is 54.6 Å². The van der Waals surface area contributed by atoms with Crippen molar-refractivity contribution < 1.29 is 17.6 Å². The molecule has 0 aliphatic heterocycles. The molecule has 236 valence electrons. The lowest BCUT2D eigenvalue weighted by molar-refractivity contribution is 0.578. The Balaban J connectivity index is 1.28. The second-order valence-electron chi connectivity index (χ2n) is 12.0. The number of benzene rings is 7. The molecule has 0 unspecified atom stereocenters. The van der Waals surface area contributed by atoms with Crippen LogP contribution >= 0.6 is 0 Å². The third-order valence-corrected chi connectivity index (χ3v) is 9.14. The topological polar surface area (TPSA) is 13.1 Å². The van der Waals surface area contributed by atoms with Gasteiger partial charge in [0, 0.05) is 50.7 Å². The van der Waals surface area contributed by atoms with Crippen molar-refractivity contribution in [1.82, 2.24) is 9.13 Å². The Bertz CT molecular complexity index is 2560. The largest absolute Gasteiger partial charge is 0.310 e. The second kappa shape index (κ2) is 11.1. The summed E-state index contributed by atoms with van der Waals surface area (Å²) in [4.78, 5) is 2.15. The number of anilines is 3. The van der Waals surface area contributed by atoms with Crippen LogP contribution in [0, 0.1) is 23.3 Å². The van der Waals surface area contributed by atoms with E-state index in [4.69, 9.17) is 0 Å². The van der Waals surface area contributed by atoms with Gasteiger partial charge in [-0.25, -0.2) is 17.6 Å². The van der Waals surface area contributed by atoms with Crippen LogP contribution in [-0.4, -0.2) is 9.13 Å². The summed E-state index contributed by atoms with van der Waals surface area (Å²) in [5.41, 5.74) is 6.35. The molecule has 0 spiro atoms. The standard InChI is InChI=1S/C42H25F4N3/c43-26-14-18-41(35(45)22-26)48-37-12-6-4-10-31(37)33-24-29(16-20-39(33)48)47(28-8-2-1-3-9-28)30-17-21-40-34(25-30)32-11-5-7-13-38(32)49(40)42-19-15-27(44)23-36(42)46/h1-25H. The molecule has 0 fully saturated rings. The molecule has 7 aromatic carbocycles. The molecule has 2 heterocycles. The molecule has 0 saturated heterocycles. The van der Waals surface area contributed by atoms with Crippen molar-refractivity contribution in [2.45, 2.75) is 0 Å². The van der Waals surface area contributed by atoms with Crippen LogP contribution < -0.4 is 4.90 Å². The number of fused-ring (bicyclic) bond motifs is 6. The lowest BCUT2D eigenvalue weighted by Crippen LogP contribution is -2.10. The van der Waals surface area contributed by atoms with Gasteiger partial charge < -0.3 is 14.0 Å². The van der Waals surface area contributed by atoms with Gasteiger partial charge in [0.1, 0.15) is 23.3 Å². The quantitative estimate of drug-likeness (QED) is 0.169. The molecule has 0 bridgehead atoms. The normalized spacial score (nSPS) is 11.7. The van der Waals surface area contributed by atoms with Crippen LogP contribution in [0.15, 0.2) is 152 Å². The zero-order valence-electron chi connectivity index (χ0n) is 25.8. The second-order valence-corrected chi connectivity index (χ2v) is 12.0. The van der Waals surface area contributed by atoms with Crippen molar-refractivity contribution >= 4 is 60.7 Å². The molecule has 0 aliphatic carbocycles. The molecular weight excluding hydrogens is 622 g/mol. The number of hydrogen-bond donors (Lipinski definition) is 0.